The van der Waals surface area contributed by atoms with E-state index in [9.17, 15) is 9.59 Å². The highest BCUT2D eigenvalue weighted by Gasteiger charge is 2.27. The third kappa shape index (κ3) is 5.21. The van der Waals surface area contributed by atoms with Crippen molar-refractivity contribution in [3.63, 3.8) is 0 Å². The molecule has 0 radical (unpaired) electrons. The fourth-order valence-electron chi connectivity index (χ4n) is 2.47. The Morgan fingerprint density at radius 1 is 1.21 bits per heavy atom. The minimum atomic E-state index is -0.166. The summed E-state index contributed by atoms with van der Waals surface area (Å²) in [5.74, 6) is 0.539. The molecular formula is C17H24N2O5. The van der Waals surface area contributed by atoms with Crippen LogP contribution in [0.3, 0.4) is 0 Å². The van der Waals surface area contributed by atoms with Gasteiger partial charge in [-0.3, -0.25) is 9.59 Å². The van der Waals surface area contributed by atoms with Gasteiger partial charge in [0.05, 0.1) is 26.9 Å². The minimum absolute atomic E-state index is 0.0213. The van der Waals surface area contributed by atoms with Crippen molar-refractivity contribution in [2.45, 2.75) is 6.54 Å². The lowest BCUT2D eigenvalue weighted by Gasteiger charge is -2.34. The topological polar surface area (TPSA) is 68.3 Å². The molecule has 0 saturated carbocycles. The number of rotatable bonds is 8. The van der Waals surface area contributed by atoms with Crippen molar-refractivity contribution in [2.24, 2.45) is 0 Å². The summed E-state index contributed by atoms with van der Waals surface area (Å²) in [6.07, 6.45) is 0. The molecule has 0 aromatic heterocycles. The molecule has 0 bridgehead atoms. The lowest BCUT2D eigenvalue weighted by atomic mass is 10.2. The molecule has 0 spiro atoms. The van der Waals surface area contributed by atoms with Crippen LogP contribution in [-0.2, 0) is 25.6 Å². The van der Waals surface area contributed by atoms with Crippen molar-refractivity contribution in [2.75, 3.05) is 53.7 Å². The molecule has 132 valence electrons. The number of nitrogens with zero attached hydrogens (tertiary/aromatic N) is 2. The number of carbonyl (C=O) groups is 2. The lowest BCUT2D eigenvalue weighted by molar-refractivity contribution is -0.148. The van der Waals surface area contributed by atoms with Crippen molar-refractivity contribution >= 4 is 11.8 Å². The van der Waals surface area contributed by atoms with Crippen molar-refractivity contribution in [3.8, 4) is 5.75 Å². The van der Waals surface area contributed by atoms with Crippen LogP contribution in [0.2, 0.25) is 0 Å². The Labute approximate surface area is 142 Å². The van der Waals surface area contributed by atoms with Crippen molar-refractivity contribution in [1.29, 1.82) is 0 Å². The number of amides is 2. The molecule has 1 aromatic rings. The van der Waals surface area contributed by atoms with Crippen LogP contribution in [0.5, 0.6) is 5.75 Å². The van der Waals surface area contributed by atoms with E-state index < -0.39 is 0 Å². The second-order valence-electron chi connectivity index (χ2n) is 5.53. The summed E-state index contributed by atoms with van der Waals surface area (Å²) in [6.45, 7) is 2.43. The molecule has 24 heavy (non-hydrogen) atoms. The Morgan fingerprint density at radius 2 is 2.04 bits per heavy atom. The highest BCUT2D eigenvalue weighted by atomic mass is 16.5. The quantitative estimate of drug-likeness (QED) is 0.648. The molecule has 1 saturated heterocycles. The Kier molecular flexibility index (Phi) is 7.02. The van der Waals surface area contributed by atoms with E-state index in [2.05, 4.69) is 0 Å². The van der Waals surface area contributed by atoms with Crippen molar-refractivity contribution < 1.29 is 23.8 Å². The van der Waals surface area contributed by atoms with Crippen LogP contribution in [0.15, 0.2) is 24.3 Å². The molecule has 2 rings (SSSR count). The van der Waals surface area contributed by atoms with E-state index in [1.165, 1.54) is 4.90 Å². The molecular weight excluding hydrogens is 312 g/mol. The molecule has 1 aliphatic rings. The molecule has 1 aliphatic heterocycles. The van der Waals surface area contributed by atoms with E-state index in [0.29, 0.717) is 32.8 Å². The summed E-state index contributed by atoms with van der Waals surface area (Å²) in [7, 11) is 3.19. The van der Waals surface area contributed by atoms with Gasteiger partial charge in [-0.25, -0.2) is 0 Å². The van der Waals surface area contributed by atoms with Crippen LogP contribution >= 0.6 is 0 Å². The van der Waals surface area contributed by atoms with Gasteiger partial charge in [-0.05, 0) is 17.7 Å². The van der Waals surface area contributed by atoms with Gasteiger partial charge in [0.2, 0.25) is 11.8 Å². The van der Waals surface area contributed by atoms with Gasteiger partial charge in [-0.1, -0.05) is 12.1 Å². The average Bonchev–Trinajstić information content (AvgIpc) is 2.60. The van der Waals surface area contributed by atoms with E-state index >= 15 is 0 Å². The predicted molar refractivity (Wildman–Crippen MR) is 87.7 cm³/mol. The Bertz CT molecular complexity index is 564. The first-order chi connectivity index (χ1) is 11.6. The Hall–Kier alpha value is -2.12. The van der Waals surface area contributed by atoms with E-state index in [4.69, 9.17) is 14.2 Å². The maximum Gasteiger partial charge on any atom is 0.249 e. The van der Waals surface area contributed by atoms with Crippen LogP contribution in [-0.4, -0.2) is 75.3 Å². The maximum absolute atomic E-state index is 12.3. The zero-order valence-electron chi connectivity index (χ0n) is 14.2. The number of methoxy groups -OCH3 is 2. The summed E-state index contributed by atoms with van der Waals surface area (Å²) in [4.78, 5) is 27.6. The van der Waals surface area contributed by atoms with E-state index in [-0.39, 0.29) is 25.0 Å². The highest BCUT2D eigenvalue weighted by Crippen LogP contribution is 2.15. The summed E-state index contributed by atoms with van der Waals surface area (Å²) in [5, 5.41) is 0. The van der Waals surface area contributed by atoms with Gasteiger partial charge in [-0.15, -0.1) is 0 Å². The van der Waals surface area contributed by atoms with Gasteiger partial charge in [0, 0.05) is 26.7 Å². The van der Waals surface area contributed by atoms with Gasteiger partial charge in [0.1, 0.15) is 12.4 Å². The first-order valence-corrected chi connectivity index (χ1v) is 7.89. The van der Waals surface area contributed by atoms with Crippen LogP contribution in [0.4, 0.5) is 0 Å². The van der Waals surface area contributed by atoms with E-state index in [1.807, 2.05) is 24.3 Å². The van der Waals surface area contributed by atoms with E-state index in [0.717, 1.165) is 11.3 Å². The zero-order chi connectivity index (χ0) is 17.4. The van der Waals surface area contributed by atoms with Crippen LogP contribution in [0, 0.1) is 0 Å². The van der Waals surface area contributed by atoms with Crippen LogP contribution < -0.4 is 4.74 Å². The maximum atomic E-state index is 12.3. The normalized spacial score (nSPS) is 14.8. The summed E-state index contributed by atoms with van der Waals surface area (Å²) >= 11 is 0. The third-order valence-corrected chi connectivity index (χ3v) is 3.84. The monoisotopic (exact) mass is 336 g/mol. The number of hydrogen-bond acceptors (Lipinski definition) is 5. The minimum Gasteiger partial charge on any atom is -0.497 e. The van der Waals surface area contributed by atoms with Gasteiger partial charge in [0.25, 0.3) is 0 Å². The lowest BCUT2D eigenvalue weighted by Crippen LogP contribution is -2.52. The SMILES string of the molecule is COCCOCC(=O)N1CCN(Cc2cccc(OC)c2)C(=O)C1. The van der Waals surface area contributed by atoms with Crippen molar-refractivity contribution in [1.82, 2.24) is 9.80 Å². The Morgan fingerprint density at radius 3 is 2.75 bits per heavy atom. The fourth-order valence-corrected chi connectivity index (χ4v) is 2.47. The fraction of sp³-hybridized carbons (Fsp3) is 0.529. The standard InChI is InChI=1S/C17H24N2O5/c1-22-8-9-24-13-17(21)19-7-6-18(16(20)12-19)11-14-4-3-5-15(10-14)23-2/h3-5,10H,6-9,11-13H2,1-2H3. The number of ether oxygens (including phenoxy) is 3. The van der Waals surface area contributed by atoms with Gasteiger partial charge in [-0.2, -0.15) is 0 Å². The summed E-state index contributed by atoms with van der Waals surface area (Å²) < 4.78 is 15.3. The van der Waals surface area contributed by atoms with Gasteiger partial charge >= 0.3 is 0 Å². The molecule has 2 amide bonds. The summed E-state index contributed by atoms with van der Waals surface area (Å²) in [6, 6.07) is 7.63. The van der Waals surface area contributed by atoms with Gasteiger partial charge in [0.15, 0.2) is 0 Å². The number of carbonyl (C=O) groups excluding carboxylic acids is 2. The molecule has 7 nitrogen and oxygen atoms in total. The van der Waals surface area contributed by atoms with Crippen LogP contribution in [0.25, 0.3) is 0 Å². The Balaban J connectivity index is 1.81. The molecule has 0 atom stereocenters. The molecule has 1 aromatic carbocycles. The number of benzene rings is 1. The summed E-state index contributed by atoms with van der Waals surface area (Å²) in [5.41, 5.74) is 1.00. The predicted octanol–water partition coefficient (Wildman–Crippen LogP) is 0.529. The van der Waals surface area contributed by atoms with E-state index in [1.54, 1.807) is 19.1 Å². The molecule has 7 heteroatoms. The second kappa shape index (κ2) is 9.24. The zero-order valence-corrected chi connectivity index (χ0v) is 14.2. The molecule has 0 aliphatic carbocycles. The van der Waals surface area contributed by atoms with Crippen molar-refractivity contribution in [3.05, 3.63) is 29.8 Å². The molecule has 1 fully saturated rings. The largest absolute Gasteiger partial charge is 0.497 e. The first-order valence-electron chi connectivity index (χ1n) is 7.89. The van der Waals surface area contributed by atoms with Crippen LogP contribution in [0.1, 0.15) is 5.56 Å². The highest BCUT2D eigenvalue weighted by molar-refractivity contribution is 5.86. The molecule has 1 heterocycles. The van der Waals surface area contributed by atoms with Gasteiger partial charge < -0.3 is 24.0 Å². The molecule has 0 unspecified atom stereocenters. The first kappa shape index (κ1) is 18.2. The smallest absolute Gasteiger partial charge is 0.249 e. The number of hydrogen-bond donors (Lipinski definition) is 0. The third-order valence-electron chi connectivity index (χ3n) is 3.84. The molecule has 0 N–H and O–H groups in total. The number of piperazine rings is 1. The average molecular weight is 336 g/mol. The second-order valence-corrected chi connectivity index (χ2v) is 5.53.